The van der Waals surface area contributed by atoms with Crippen LogP contribution in [-0.2, 0) is 10.2 Å². The normalized spacial score (nSPS) is 17.2. The Hall–Kier alpha value is -1.23. The molecular formula is C16H21BrO4. The molecule has 1 N–H and O–H groups in total. The summed E-state index contributed by atoms with van der Waals surface area (Å²) in [6.07, 6.45) is 0.0601. The van der Waals surface area contributed by atoms with Gasteiger partial charge < -0.3 is 14.6 Å². The lowest BCUT2D eigenvalue weighted by Gasteiger charge is -2.24. The zero-order chi connectivity index (χ0) is 15.8. The monoisotopic (exact) mass is 356 g/mol. The van der Waals surface area contributed by atoms with Crippen molar-refractivity contribution in [3.8, 4) is 11.5 Å². The maximum absolute atomic E-state index is 11.0. The molecule has 1 heterocycles. The van der Waals surface area contributed by atoms with Gasteiger partial charge in [0.1, 0.15) is 0 Å². The Bertz CT molecular complexity index is 564. The Morgan fingerprint density at radius 1 is 1.33 bits per heavy atom. The van der Waals surface area contributed by atoms with Crippen LogP contribution in [0.4, 0.5) is 0 Å². The summed E-state index contributed by atoms with van der Waals surface area (Å²) in [5.74, 6) is 0.545. The molecule has 0 atom stereocenters. The van der Waals surface area contributed by atoms with E-state index in [4.69, 9.17) is 14.6 Å². The summed E-state index contributed by atoms with van der Waals surface area (Å²) in [4.78, 5) is 11.0. The lowest BCUT2D eigenvalue weighted by Crippen LogP contribution is -2.26. The molecule has 1 aromatic carbocycles. The molecule has 5 heteroatoms. The highest BCUT2D eigenvalue weighted by Gasteiger charge is 2.30. The van der Waals surface area contributed by atoms with Gasteiger partial charge in [-0.05, 0) is 33.6 Å². The molecule has 116 valence electrons. The van der Waals surface area contributed by atoms with Gasteiger partial charge in [0, 0.05) is 10.8 Å². The summed E-state index contributed by atoms with van der Waals surface area (Å²) in [5, 5.41) is 9.06. The second-order valence-corrected chi connectivity index (χ2v) is 7.84. The first kappa shape index (κ1) is 16.1. The Balaban J connectivity index is 2.40. The Kier molecular flexibility index (Phi) is 4.24. The largest absolute Gasteiger partial charge is 0.489 e. The van der Waals surface area contributed by atoms with E-state index < -0.39 is 11.4 Å². The van der Waals surface area contributed by atoms with Gasteiger partial charge in [0.05, 0.1) is 24.1 Å². The molecule has 1 aliphatic heterocycles. The van der Waals surface area contributed by atoms with Crippen LogP contribution in [0.3, 0.4) is 0 Å². The highest BCUT2D eigenvalue weighted by molar-refractivity contribution is 9.10. The minimum atomic E-state index is -0.815. The molecule has 0 aliphatic carbocycles. The number of aliphatic carboxylic acids is 1. The summed E-state index contributed by atoms with van der Waals surface area (Å²) >= 11 is 3.51. The molecule has 0 spiro atoms. The lowest BCUT2D eigenvalue weighted by molar-refractivity contribution is -0.138. The maximum atomic E-state index is 11.0. The number of carboxylic acid groups (broad SMARTS) is 1. The first-order chi connectivity index (χ1) is 9.61. The zero-order valence-electron chi connectivity index (χ0n) is 12.8. The summed E-state index contributed by atoms with van der Waals surface area (Å²) in [5.41, 5.74) is 0.378. The number of carbonyl (C=O) groups is 1. The summed E-state index contributed by atoms with van der Waals surface area (Å²) < 4.78 is 12.5. The van der Waals surface area contributed by atoms with Crippen molar-refractivity contribution >= 4 is 21.9 Å². The van der Waals surface area contributed by atoms with Crippen LogP contribution in [0.5, 0.6) is 11.5 Å². The van der Waals surface area contributed by atoms with Crippen LogP contribution in [0.15, 0.2) is 16.6 Å². The smallest absolute Gasteiger partial charge is 0.304 e. The van der Waals surface area contributed by atoms with Gasteiger partial charge in [0.25, 0.3) is 0 Å². The molecule has 0 unspecified atom stereocenters. The predicted octanol–water partition coefficient (Wildman–Crippen LogP) is 4.00. The fraction of sp³-hybridized carbons (Fsp3) is 0.562. The van der Waals surface area contributed by atoms with Gasteiger partial charge in [-0.2, -0.15) is 0 Å². The molecule has 0 amide bonds. The van der Waals surface area contributed by atoms with E-state index in [1.165, 1.54) is 0 Å². The number of fused-ring (bicyclic) bond motifs is 1. The molecule has 0 bridgehead atoms. The standard InChI is InChI=1S/C16H21BrO4/c1-15(2)8-20-12-6-10(16(3,4)7-13(18)19)5-11(17)14(12)21-9-15/h5-6H,7-9H2,1-4H3,(H,18,19). The number of hydrogen-bond donors (Lipinski definition) is 1. The minimum absolute atomic E-state index is 0.0601. The van der Waals surface area contributed by atoms with E-state index in [1.807, 2.05) is 26.0 Å². The topological polar surface area (TPSA) is 55.8 Å². The van der Waals surface area contributed by atoms with Crippen molar-refractivity contribution in [2.24, 2.45) is 5.41 Å². The van der Waals surface area contributed by atoms with E-state index in [1.54, 1.807) is 0 Å². The van der Waals surface area contributed by atoms with E-state index >= 15 is 0 Å². The second-order valence-electron chi connectivity index (χ2n) is 6.98. The van der Waals surface area contributed by atoms with E-state index in [0.717, 1.165) is 10.0 Å². The van der Waals surface area contributed by atoms with Crippen molar-refractivity contribution in [3.05, 3.63) is 22.2 Å². The molecule has 0 saturated heterocycles. The number of rotatable bonds is 3. The molecule has 1 aromatic rings. The first-order valence-corrected chi connectivity index (χ1v) is 7.71. The van der Waals surface area contributed by atoms with Crippen molar-refractivity contribution in [3.63, 3.8) is 0 Å². The van der Waals surface area contributed by atoms with Crippen molar-refractivity contribution < 1.29 is 19.4 Å². The van der Waals surface area contributed by atoms with Gasteiger partial charge in [0.2, 0.25) is 0 Å². The average molecular weight is 357 g/mol. The fourth-order valence-corrected chi connectivity index (χ4v) is 2.83. The van der Waals surface area contributed by atoms with Crippen molar-refractivity contribution in [2.45, 2.75) is 39.5 Å². The number of ether oxygens (including phenoxy) is 2. The number of hydrogen-bond acceptors (Lipinski definition) is 3. The molecule has 0 radical (unpaired) electrons. The molecule has 0 fully saturated rings. The van der Waals surface area contributed by atoms with Gasteiger partial charge in [-0.1, -0.05) is 27.7 Å². The second kappa shape index (κ2) is 5.52. The van der Waals surface area contributed by atoms with E-state index in [9.17, 15) is 4.79 Å². The van der Waals surface area contributed by atoms with Crippen LogP contribution >= 0.6 is 15.9 Å². The van der Waals surface area contributed by atoms with Crippen LogP contribution in [-0.4, -0.2) is 24.3 Å². The number of halogens is 1. The SMILES string of the molecule is CC1(C)COc2cc(C(C)(C)CC(=O)O)cc(Br)c2OC1. The number of benzene rings is 1. The van der Waals surface area contributed by atoms with Crippen molar-refractivity contribution in [1.29, 1.82) is 0 Å². The lowest BCUT2D eigenvalue weighted by atomic mass is 9.81. The summed E-state index contributed by atoms with van der Waals surface area (Å²) in [6.45, 7) is 9.14. The molecule has 0 saturated carbocycles. The Labute approximate surface area is 133 Å². The maximum Gasteiger partial charge on any atom is 0.304 e. The van der Waals surface area contributed by atoms with Crippen LogP contribution in [0.25, 0.3) is 0 Å². The summed E-state index contributed by atoms with van der Waals surface area (Å²) in [6, 6.07) is 3.81. The molecule has 4 nitrogen and oxygen atoms in total. The van der Waals surface area contributed by atoms with Gasteiger partial charge in [-0.25, -0.2) is 0 Å². The quantitative estimate of drug-likeness (QED) is 0.889. The van der Waals surface area contributed by atoms with E-state index in [0.29, 0.717) is 24.7 Å². The van der Waals surface area contributed by atoms with Crippen LogP contribution in [0.2, 0.25) is 0 Å². The Morgan fingerprint density at radius 3 is 2.57 bits per heavy atom. The average Bonchev–Trinajstić information content (AvgIpc) is 2.47. The molecule has 21 heavy (non-hydrogen) atoms. The van der Waals surface area contributed by atoms with Gasteiger partial charge >= 0.3 is 5.97 Å². The van der Waals surface area contributed by atoms with Crippen molar-refractivity contribution in [1.82, 2.24) is 0 Å². The predicted molar refractivity (Wildman–Crippen MR) is 84.2 cm³/mol. The minimum Gasteiger partial charge on any atom is -0.489 e. The third kappa shape index (κ3) is 3.70. The van der Waals surface area contributed by atoms with Crippen LogP contribution in [0, 0.1) is 5.41 Å². The third-order valence-corrected chi connectivity index (χ3v) is 4.20. The fourth-order valence-electron chi connectivity index (χ4n) is 2.27. The van der Waals surface area contributed by atoms with Crippen molar-refractivity contribution in [2.75, 3.05) is 13.2 Å². The zero-order valence-corrected chi connectivity index (χ0v) is 14.4. The third-order valence-electron chi connectivity index (χ3n) is 3.61. The van der Waals surface area contributed by atoms with E-state index in [2.05, 4.69) is 29.8 Å². The van der Waals surface area contributed by atoms with Gasteiger partial charge in [-0.15, -0.1) is 0 Å². The molecule has 0 aromatic heterocycles. The van der Waals surface area contributed by atoms with E-state index in [-0.39, 0.29) is 11.8 Å². The van der Waals surface area contributed by atoms with Gasteiger partial charge in [-0.3, -0.25) is 4.79 Å². The van der Waals surface area contributed by atoms with Crippen LogP contribution < -0.4 is 9.47 Å². The highest BCUT2D eigenvalue weighted by atomic mass is 79.9. The molecule has 2 rings (SSSR count). The Morgan fingerprint density at radius 2 is 1.95 bits per heavy atom. The first-order valence-electron chi connectivity index (χ1n) is 6.92. The molecular weight excluding hydrogens is 336 g/mol. The van der Waals surface area contributed by atoms with Crippen LogP contribution in [0.1, 0.15) is 39.7 Å². The highest BCUT2D eigenvalue weighted by Crippen LogP contribution is 2.43. The molecule has 1 aliphatic rings. The summed E-state index contributed by atoms with van der Waals surface area (Å²) in [7, 11) is 0. The van der Waals surface area contributed by atoms with Gasteiger partial charge in [0.15, 0.2) is 11.5 Å². The number of carboxylic acids is 1.